The maximum Gasteiger partial charge on any atom is 0.127 e. The van der Waals surface area contributed by atoms with Crippen molar-refractivity contribution in [2.75, 3.05) is 44.2 Å². The van der Waals surface area contributed by atoms with Crippen LogP contribution in [0.2, 0.25) is 0 Å². The fourth-order valence-corrected chi connectivity index (χ4v) is 6.28. The van der Waals surface area contributed by atoms with E-state index >= 15 is 0 Å². The highest BCUT2D eigenvalue weighted by Gasteiger charge is 2.37. The summed E-state index contributed by atoms with van der Waals surface area (Å²) in [7, 11) is -1.07. The predicted octanol–water partition coefficient (Wildman–Crippen LogP) is 3.22. The number of anilines is 1. The molecule has 1 aromatic heterocycles. The molecule has 6 rings (SSSR count). The quantitative estimate of drug-likeness (QED) is 0.700. The average Bonchev–Trinajstić information content (AvgIpc) is 3.40. The second-order valence-electron chi connectivity index (χ2n) is 8.56. The zero-order valence-corrected chi connectivity index (χ0v) is 17.3. The van der Waals surface area contributed by atoms with Crippen LogP contribution in [0, 0.1) is 11.8 Å². The second kappa shape index (κ2) is 6.97. The van der Waals surface area contributed by atoms with E-state index < -0.39 is 11.0 Å². The maximum absolute atomic E-state index is 13.0. The molecule has 0 aliphatic carbocycles. The molecule has 3 atom stereocenters. The Morgan fingerprint density at radius 3 is 2.48 bits per heavy atom. The van der Waals surface area contributed by atoms with Crippen molar-refractivity contribution in [1.82, 2.24) is 14.6 Å². The van der Waals surface area contributed by atoms with E-state index in [1.54, 1.807) is 0 Å². The lowest BCUT2D eigenvalue weighted by Gasteiger charge is -2.29. The van der Waals surface area contributed by atoms with Crippen LogP contribution >= 0.6 is 0 Å². The summed E-state index contributed by atoms with van der Waals surface area (Å²) in [5.41, 5.74) is 4.68. The number of aromatic amines is 1. The Kier molecular flexibility index (Phi) is 4.25. The molecule has 0 spiro atoms. The minimum absolute atomic E-state index is 0.737. The van der Waals surface area contributed by atoms with Gasteiger partial charge in [-0.15, -0.1) is 0 Å². The fraction of sp³-hybridized carbons (Fsp3) is 0.391. The van der Waals surface area contributed by atoms with Gasteiger partial charge in [-0.2, -0.15) is 0 Å². The summed E-state index contributed by atoms with van der Waals surface area (Å²) >= 11 is 0. The van der Waals surface area contributed by atoms with Crippen LogP contribution in [0.15, 0.2) is 53.4 Å². The van der Waals surface area contributed by atoms with Gasteiger partial charge in [0.1, 0.15) is 11.0 Å². The van der Waals surface area contributed by atoms with Crippen molar-refractivity contribution in [3.63, 3.8) is 0 Å². The summed E-state index contributed by atoms with van der Waals surface area (Å²) in [5.74, 6) is 1.47. The van der Waals surface area contributed by atoms with Gasteiger partial charge >= 0.3 is 0 Å². The first-order valence-corrected chi connectivity index (χ1v) is 11.7. The van der Waals surface area contributed by atoms with Crippen LogP contribution in [0.4, 0.5) is 5.69 Å². The third-order valence-electron chi connectivity index (χ3n) is 6.77. The monoisotopic (exact) mass is 406 g/mol. The van der Waals surface area contributed by atoms with Crippen LogP contribution in [0.3, 0.4) is 0 Å². The van der Waals surface area contributed by atoms with E-state index in [0.717, 1.165) is 73.6 Å². The molecular weight excluding hydrogens is 380 g/mol. The molecule has 0 saturated carbocycles. The highest BCUT2D eigenvalue weighted by Crippen LogP contribution is 2.39. The Morgan fingerprint density at radius 2 is 1.76 bits per heavy atom. The van der Waals surface area contributed by atoms with Gasteiger partial charge in [-0.1, -0.05) is 18.2 Å². The molecule has 3 saturated heterocycles. The molecule has 0 amide bonds. The normalized spacial score (nSPS) is 25.3. The van der Waals surface area contributed by atoms with Gasteiger partial charge in [-0.3, -0.25) is 0 Å². The van der Waals surface area contributed by atoms with Crippen molar-refractivity contribution in [2.24, 2.45) is 11.8 Å². The molecule has 6 heteroatoms. The summed E-state index contributed by atoms with van der Waals surface area (Å²) in [6.07, 6.45) is 1.14. The third kappa shape index (κ3) is 3.01. The summed E-state index contributed by atoms with van der Waals surface area (Å²) in [6.45, 7) is 6.30. The Balaban J connectivity index is 1.43. The van der Waals surface area contributed by atoms with Crippen LogP contribution in [0.25, 0.3) is 22.2 Å². The molecule has 29 heavy (non-hydrogen) atoms. The number of benzene rings is 2. The smallest absolute Gasteiger partial charge is 0.127 e. The van der Waals surface area contributed by atoms with E-state index in [-0.39, 0.29) is 0 Å². The second-order valence-corrected chi connectivity index (χ2v) is 10.1. The molecule has 150 valence electrons. The first-order valence-electron chi connectivity index (χ1n) is 10.6. The fourth-order valence-electron chi connectivity index (χ4n) is 4.99. The van der Waals surface area contributed by atoms with Crippen LogP contribution in [0.1, 0.15) is 6.42 Å². The number of para-hydroxylation sites is 1. The number of fused-ring (bicyclic) bond motifs is 2. The molecule has 3 aliphatic rings. The van der Waals surface area contributed by atoms with Gasteiger partial charge in [0.25, 0.3) is 0 Å². The van der Waals surface area contributed by atoms with Crippen LogP contribution in [-0.4, -0.2) is 52.8 Å². The molecule has 4 heterocycles. The van der Waals surface area contributed by atoms with Crippen LogP contribution in [-0.2, 0) is 11.0 Å². The van der Waals surface area contributed by atoms with Crippen molar-refractivity contribution in [3.8, 4) is 11.3 Å². The van der Waals surface area contributed by atoms with Gasteiger partial charge in [0.2, 0.25) is 0 Å². The lowest BCUT2D eigenvalue weighted by molar-refractivity contribution is 0.328. The van der Waals surface area contributed by atoms with E-state index in [4.69, 9.17) is 0 Å². The molecular formula is C23H26N4OS. The van der Waals surface area contributed by atoms with Gasteiger partial charge in [0.05, 0.1) is 4.90 Å². The number of hydrogen-bond acceptors (Lipinski definition) is 3. The largest absolute Gasteiger partial charge is 0.370 e. The molecule has 3 fully saturated rings. The van der Waals surface area contributed by atoms with Crippen molar-refractivity contribution in [1.29, 1.82) is 0 Å². The van der Waals surface area contributed by atoms with Crippen molar-refractivity contribution >= 4 is 27.6 Å². The number of H-pyrrole nitrogens is 1. The minimum Gasteiger partial charge on any atom is -0.370 e. The van der Waals surface area contributed by atoms with Gasteiger partial charge in [-0.25, -0.2) is 8.51 Å². The number of nitrogens with one attached hydrogen (secondary N) is 2. The lowest BCUT2D eigenvalue weighted by Crippen LogP contribution is -2.38. The van der Waals surface area contributed by atoms with Gasteiger partial charge in [0, 0.05) is 67.1 Å². The third-order valence-corrected chi connectivity index (χ3v) is 8.26. The summed E-state index contributed by atoms with van der Waals surface area (Å²) in [6, 6.07) is 17.0. The Hall–Kier alpha value is -2.15. The summed E-state index contributed by atoms with van der Waals surface area (Å²) in [5, 5.41) is 4.74. The molecule has 2 aromatic carbocycles. The van der Waals surface area contributed by atoms with Crippen molar-refractivity contribution < 1.29 is 4.21 Å². The van der Waals surface area contributed by atoms with Gasteiger partial charge < -0.3 is 15.2 Å². The number of rotatable bonds is 4. The average molecular weight is 407 g/mol. The van der Waals surface area contributed by atoms with Crippen molar-refractivity contribution in [2.45, 2.75) is 11.3 Å². The Labute approximate surface area is 173 Å². The lowest BCUT2D eigenvalue weighted by atomic mass is 10.0. The summed E-state index contributed by atoms with van der Waals surface area (Å²) in [4.78, 5) is 7.04. The predicted molar refractivity (Wildman–Crippen MR) is 118 cm³/mol. The number of aromatic nitrogens is 1. The van der Waals surface area contributed by atoms with Gasteiger partial charge in [-0.05, 0) is 48.6 Å². The highest BCUT2D eigenvalue weighted by atomic mass is 32.2. The standard InChI is InChI=1S/C23H26N4OS/c28-29(27-8-3-9-27)19-6-7-23(26-14-17-12-24-13-18(17)15-26)20(11-19)22-10-16-4-1-2-5-21(16)25-22/h1-2,4-7,10-11,17-18,24-25H,3,8-9,12-15H2. The topological polar surface area (TPSA) is 51.4 Å². The maximum atomic E-state index is 13.0. The van der Waals surface area contributed by atoms with E-state index in [1.807, 2.05) is 0 Å². The van der Waals surface area contributed by atoms with E-state index in [0.29, 0.717) is 0 Å². The van der Waals surface area contributed by atoms with Gasteiger partial charge in [0.15, 0.2) is 0 Å². The Bertz CT molecular complexity index is 1040. The van der Waals surface area contributed by atoms with E-state index in [9.17, 15) is 4.21 Å². The zero-order valence-electron chi connectivity index (χ0n) is 16.4. The number of hydrogen-bond donors (Lipinski definition) is 2. The van der Waals surface area contributed by atoms with Crippen LogP contribution < -0.4 is 10.2 Å². The SMILES string of the molecule is O=S(c1ccc(N2CC3CNCC3C2)c(-c2cc3ccccc3[nH]2)c1)N1CCC1. The van der Waals surface area contributed by atoms with E-state index in [2.05, 4.69) is 68.0 Å². The first kappa shape index (κ1) is 17.7. The minimum atomic E-state index is -1.07. The molecule has 5 nitrogen and oxygen atoms in total. The van der Waals surface area contributed by atoms with E-state index in [1.165, 1.54) is 16.6 Å². The molecule has 0 radical (unpaired) electrons. The molecule has 3 aliphatic heterocycles. The van der Waals surface area contributed by atoms with Crippen LogP contribution in [0.5, 0.6) is 0 Å². The molecule has 3 unspecified atom stereocenters. The molecule has 3 aromatic rings. The van der Waals surface area contributed by atoms with Crippen molar-refractivity contribution in [3.05, 3.63) is 48.5 Å². The first-order chi connectivity index (χ1) is 14.3. The number of nitrogens with zero attached hydrogens (tertiary/aromatic N) is 2. The molecule has 2 N–H and O–H groups in total. The summed E-state index contributed by atoms with van der Waals surface area (Å²) < 4.78 is 15.0. The highest BCUT2D eigenvalue weighted by molar-refractivity contribution is 7.82. The Morgan fingerprint density at radius 1 is 0.966 bits per heavy atom. The molecule has 0 bridgehead atoms. The zero-order chi connectivity index (χ0) is 19.4.